The SMILES string of the molecule is N1=NN1C1C2NNC2C(N2N=N2)C2NNC21. The van der Waals surface area contributed by atoms with Gasteiger partial charge in [-0.05, 0) is 20.9 Å². The highest BCUT2D eigenvalue weighted by atomic mass is 16.0. The maximum Gasteiger partial charge on any atom is 0.112 e. The molecular formula is C6H10N10. The van der Waals surface area contributed by atoms with Crippen molar-refractivity contribution in [1.29, 1.82) is 0 Å². The van der Waals surface area contributed by atoms with Crippen molar-refractivity contribution in [3.63, 3.8) is 0 Å². The summed E-state index contributed by atoms with van der Waals surface area (Å²) in [6, 6.07) is 1.88. The van der Waals surface area contributed by atoms with E-state index in [0.29, 0.717) is 24.2 Å². The van der Waals surface area contributed by atoms with Gasteiger partial charge < -0.3 is 0 Å². The molecule has 4 aliphatic heterocycles. The molecule has 0 spiro atoms. The molecule has 3 fully saturated rings. The Morgan fingerprint density at radius 1 is 0.562 bits per heavy atom. The lowest BCUT2D eigenvalue weighted by Crippen LogP contribution is -2.92. The molecule has 0 bridgehead atoms. The van der Waals surface area contributed by atoms with Crippen LogP contribution in [0.25, 0.3) is 0 Å². The standard InChI is InChI=1S/C6H10N10/c7-1-2(8-7)6(16-13-14-16)4-3(9-10-4)5(1)15-11-12-15/h1-10H. The zero-order chi connectivity index (χ0) is 10.3. The van der Waals surface area contributed by atoms with Crippen LogP contribution in [-0.4, -0.2) is 46.5 Å². The van der Waals surface area contributed by atoms with Crippen molar-refractivity contribution in [2.24, 2.45) is 20.9 Å². The molecule has 4 atom stereocenters. The third kappa shape index (κ3) is 0.787. The van der Waals surface area contributed by atoms with Gasteiger partial charge in [-0.3, -0.25) is 21.7 Å². The van der Waals surface area contributed by atoms with Crippen molar-refractivity contribution in [3.05, 3.63) is 0 Å². The van der Waals surface area contributed by atoms with Crippen LogP contribution in [0.4, 0.5) is 0 Å². The summed E-state index contributed by atoms with van der Waals surface area (Å²) in [5.41, 5.74) is 12.9. The fraction of sp³-hybridized carbons (Fsp3) is 1.00. The minimum Gasteiger partial charge on any atom is -0.250 e. The average molecular weight is 222 g/mol. The average Bonchev–Trinajstić information content (AvgIpc) is 3.01. The van der Waals surface area contributed by atoms with Crippen LogP contribution < -0.4 is 21.7 Å². The number of hydrogen-bond donors (Lipinski definition) is 4. The summed E-state index contributed by atoms with van der Waals surface area (Å²) in [5.74, 6) is 0. The predicted molar refractivity (Wildman–Crippen MR) is 48.7 cm³/mol. The Balaban J connectivity index is 1.48. The molecule has 16 heavy (non-hydrogen) atoms. The second-order valence-electron chi connectivity index (χ2n) is 4.66. The van der Waals surface area contributed by atoms with Gasteiger partial charge in [-0.1, -0.05) is 0 Å². The van der Waals surface area contributed by atoms with E-state index in [2.05, 4.69) is 42.6 Å². The van der Waals surface area contributed by atoms with Gasteiger partial charge in [0.25, 0.3) is 0 Å². The lowest BCUT2D eigenvalue weighted by molar-refractivity contribution is -0.0654. The zero-order valence-corrected chi connectivity index (χ0v) is 8.15. The van der Waals surface area contributed by atoms with E-state index in [1.807, 2.05) is 0 Å². The molecule has 0 aromatic heterocycles. The fourth-order valence-corrected chi connectivity index (χ4v) is 3.05. The van der Waals surface area contributed by atoms with E-state index in [-0.39, 0.29) is 12.1 Å². The maximum atomic E-state index is 3.91. The van der Waals surface area contributed by atoms with E-state index >= 15 is 0 Å². The van der Waals surface area contributed by atoms with Gasteiger partial charge in [0, 0.05) is 0 Å². The highest BCUT2D eigenvalue weighted by molar-refractivity contribution is 5.21. The van der Waals surface area contributed by atoms with Crippen LogP contribution in [0, 0.1) is 0 Å². The van der Waals surface area contributed by atoms with Crippen LogP contribution in [0.15, 0.2) is 20.9 Å². The number of fused-ring (bicyclic) bond motifs is 2. The summed E-state index contributed by atoms with van der Waals surface area (Å²) in [5, 5.41) is 19.2. The summed E-state index contributed by atoms with van der Waals surface area (Å²) in [7, 11) is 0. The van der Waals surface area contributed by atoms with Gasteiger partial charge in [0.15, 0.2) is 0 Å². The number of rotatable bonds is 2. The molecule has 4 unspecified atom stereocenters. The Morgan fingerprint density at radius 3 is 1.06 bits per heavy atom. The minimum atomic E-state index is 0.272. The molecule has 0 aromatic rings. The fourth-order valence-electron chi connectivity index (χ4n) is 3.05. The molecule has 5 aliphatic rings. The van der Waals surface area contributed by atoms with Gasteiger partial charge in [-0.2, -0.15) is 0 Å². The summed E-state index contributed by atoms with van der Waals surface area (Å²) < 4.78 is 0. The quantitative estimate of drug-likeness (QED) is 0.416. The van der Waals surface area contributed by atoms with Crippen LogP contribution in [0.2, 0.25) is 0 Å². The van der Waals surface area contributed by atoms with Gasteiger partial charge in [0.1, 0.15) is 12.1 Å². The number of nitrogens with zero attached hydrogens (tertiary/aromatic N) is 6. The lowest BCUT2D eigenvalue weighted by Gasteiger charge is -2.60. The largest absolute Gasteiger partial charge is 0.250 e. The second-order valence-corrected chi connectivity index (χ2v) is 4.66. The molecule has 5 rings (SSSR count). The zero-order valence-electron chi connectivity index (χ0n) is 8.15. The van der Waals surface area contributed by atoms with Crippen molar-refractivity contribution >= 4 is 0 Å². The van der Waals surface area contributed by atoms with E-state index in [4.69, 9.17) is 0 Å². The lowest BCUT2D eigenvalue weighted by atomic mass is 9.72. The molecule has 0 amide bonds. The van der Waals surface area contributed by atoms with Gasteiger partial charge in [-0.15, -0.1) is 10.2 Å². The third-order valence-electron chi connectivity index (χ3n) is 4.00. The summed E-state index contributed by atoms with van der Waals surface area (Å²) in [6.45, 7) is 0. The van der Waals surface area contributed by atoms with Crippen molar-refractivity contribution in [1.82, 2.24) is 31.9 Å². The monoisotopic (exact) mass is 222 g/mol. The number of nitrogens with one attached hydrogen (secondary N) is 4. The highest BCUT2D eigenvalue weighted by Crippen LogP contribution is 2.38. The van der Waals surface area contributed by atoms with Crippen LogP contribution in [0.1, 0.15) is 0 Å². The van der Waals surface area contributed by atoms with E-state index < -0.39 is 0 Å². The molecule has 4 N–H and O–H groups in total. The van der Waals surface area contributed by atoms with Gasteiger partial charge >= 0.3 is 0 Å². The Bertz CT molecular complexity index is 336. The van der Waals surface area contributed by atoms with Crippen molar-refractivity contribution in [2.75, 3.05) is 0 Å². The van der Waals surface area contributed by atoms with Gasteiger partial charge in [0.05, 0.1) is 24.2 Å². The molecule has 10 heteroatoms. The van der Waals surface area contributed by atoms with Crippen molar-refractivity contribution in [3.8, 4) is 0 Å². The second kappa shape index (κ2) is 2.32. The van der Waals surface area contributed by atoms with E-state index in [1.165, 1.54) is 0 Å². The number of hydrogen-bond acceptors (Lipinski definition) is 10. The molecule has 4 heterocycles. The molecule has 1 aliphatic carbocycles. The molecule has 1 saturated carbocycles. The number of hydrazine groups is 2. The first-order valence-corrected chi connectivity index (χ1v) is 5.37. The van der Waals surface area contributed by atoms with Crippen LogP contribution >= 0.6 is 0 Å². The summed E-state index contributed by atoms with van der Waals surface area (Å²) >= 11 is 0. The van der Waals surface area contributed by atoms with E-state index in [9.17, 15) is 0 Å². The molecule has 84 valence electrons. The Labute approximate surface area is 90.0 Å². The molecule has 0 radical (unpaired) electrons. The minimum absolute atomic E-state index is 0.272. The molecule has 0 aromatic carbocycles. The van der Waals surface area contributed by atoms with Crippen LogP contribution in [-0.2, 0) is 0 Å². The van der Waals surface area contributed by atoms with Crippen LogP contribution in [0.5, 0.6) is 0 Å². The first-order valence-electron chi connectivity index (χ1n) is 5.37. The molecular weight excluding hydrogens is 212 g/mol. The normalized spacial score (nSPS) is 55.0. The molecule has 10 nitrogen and oxygen atoms in total. The predicted octanol–water partition coefficient (Wildman–Crippen LogP) is -2.38. The Hall–Kier alpha value is -1.36. The van der Waals surface area contributed by atoms with Gasteiger partial charge in [-0.25, -0.2) is 0 Å². The van der Waals surface area contributed by atoms with Crippen LogP contribution in [0.3, 0.4) is 0 Å². The van der Waals surface area contributed by atoms with Crippen molar-refractivity contribution < 1.29 is 0 Å². The topological polar surface area (TPSA) is 104 Å². The Morgan fingerprint density at radius 2 is 0.875 bits per heavy atom. The van der Waals surface area contributed by atoms with E-state index in [0.717, 1.165) is 0 Å². The summed E-state index contributed by atoms with van der Waals surface area (Å²) in [4.78, 5) is 0. The first kappa shape index (κ1) is 7.84. The smallest absolute Gasteiger partial charge is 0.112 e. The maximum absolute atomic E-state index is 3.91. The van der Waals surface area contributed by atoms with E-state index in [1.54, 1.807) is 10.2 Å². The summed E-state index contributed by atoms with van der Waals surface area (Å²) in [6.07, 6.45) is 0. The van der Waals surface area contributed by atoms with Gasteiger partial charge in [0.2, 0.25) is 0 Å². The third-order valence-corrected chi connectivity index (χ3v) is 4.00. The molecule has 2 saturated heterocycles. The Kier molecular flexibility index (Phi) is 1.14. The first-order chi connectivity index (χ1) is 7.93. The van der Waals surface area contributed by atoms with Crippen molar-refractivity contribution in [2.45, 2.75) is 36.3 Å². The highest BCUT2D eigenvalue weighted by Gasteiger charge is 2.64.